The van der Waals surface area contributed by atoms with Crippen LogP contribution in [0.3, 0.4) is 0 Å². The summed E-state index contributed by atoms with van der Waals surface area (Å²) < 4.78 is 11.2. The topological polar surface area (TPSA) is 30.5 Å². The van der Waals surface area contributed by atoms with E-state index in [9.17, 15) is 0 Å². The third-order valence-electron chi connectivity index (χ3n) is 3.40. The molecule has 1 aromatic rings. The van der Waals surface area contributed by atoms with Gasteiger partial charge in [0, 0.05) is 24.8 Å². The van der Waals surface area contributed by atoms with Gasteiger partial charge < -0.3 is 14.8 Å². The third kappa shape index (κ3) is 4.37. The largest absolute Gasteiger partial charge is 0.489 e. The highest BCUT2D eigenvalue weighted by Gasteiger charge is 2.18. The van der Waals surface area contributed by atoms with Gasteiger partial charge in [0.05, 0.1) is 6.10 Å². The average molecular weight is 261 g/mol. The van der Waals surface area contributed by atoms with Crippen molar-refractivity contribution in [3.05, 3.63) is 42.5 Å². The molecule has 2 atom stereocenters. The minimum absolute atomic E-state index is 0.360. The minimum atomic E-state index is 0.360. The van der Waals surface area contributed by atoms with Gasteiger partial charge in [-0.25, -0.2) is 0 Å². The maximum Gasteiger partial charge on any atom is 0.124 e. The van der Waals surface area contributed by atoms with E-state index in [0.717, 1.165) is 31.7 Å². The van der Waals surface area contributed by atoms with Crippen LogP contribution >= 0.6 is 0 Å². The molecule has 0 amide bonds. The van der Waals surface area contributed by atoms with Gasteiger partial charge in [-0.2, -0.15) is 0 Å². The van der Waals surface area contributed by atoms with Crippen LogP contribution in [0.1, 0.15) is 25.3 Å². The summed E-state index contributed by atoms with van der Waals surface area (Å²) in [6.07, 6.45) is 4.29. The number of nitrogens with one attached hydrogen (secondary N) is 1. The van der Waals surface area contributed by atoms with E-state index < -0.39 is 0 Å². The molecule has 3 heteroatoms. The molecule has 1 aliphatic rings. The lowest BCUT2D eigenvalue weighted by atomic mass is 10.0. The lowest BCUT2D eigenvalue weighted by molar-refractivity contribution is 0.0130. The van der Waals surface area contributed by atoms with Crippen LogP contribution in [0, 0.1) is 0 Å². The van der Waals surface area contributed by atoms with Gasteiger partial charge in [-0.05, 0) is 25.8 Å². The van der Waals surface area contributed by atoms with Gasteiger partial charge in [0.15, 0.2) is 0 Å². The lowest BCUT2D eigenvalue weighted by Crippen LogP contribution is -2.37. The van der Waals surface area contributed by atoms with Crippen LogP contribution in [-0.4, -0.2) is 25.4 Å². The molecule has 3 nitrogen and oxygen atoms in total. The molecule has 1 aliphatic heterocycles. The highest BCUT2D eigenvalue weighted by Crippen LogP contribution is 2.19. The van der Waals surface area contributed by atoms with E-state index in [1.54, 1.807) is 6.08 Å². The first kappa shape index (κ1) is 14.1. The van der Waals surface area contributed by atoms with Gasteiger partial charge in [0.1, 0.15) is 12.4 Å². The Bertz CT molecular complexity index is 405. The second kappa shape index (κ2) is 7.31. The molecule has 0 aromatic heterocycles. The monoisotopic (exact) mass is 261 g/mol. The molecule has 0 radical (unpaired) electrons. The van der Waals surface area contributed by atoms with E-state index in [2.05, 4.69) is 24.9 Å². The van der Waals surface area contributed by atoms with Crippen molar-refractivity contribution in [3.63, 3.8) is 0 Å². The quantitative estimate of drug-likeness (QED) is 0.799. The molecule has 19 heavy (non-hydrogen) atoms. The maximum atomic E-state index is 5.66. The van der Waals surface area contributed by atoms with E-state index >= 15 is 0 Å². The second-order valence-corrected chi connectivity index (χ2v) is 4.99. The highest BCUT2D eigenvalue weighted by atomic mass is 16.5. The number of hydrogen-bond donors (Lipinski definition) is 1. The first-order chi connectivity index (χ1) is 9.29. The van der Waals surface area contributed by atoms with Crippen LogP contribution in [-0.2, 0) is 11.3 Å². The number of hydrogen-bond acceptors (Lipinski definition) is 3. The molecule has 0 spiro atoms. The van der Waals surface area contributed by atoms with E-state index in [4.69, 9.17) is 9.47 Å². The molecule has 104 valence electrons. The van der Waals surface area contributed by atoms with Crippen LogP contribution in [0.2, 0.25) is 0 Å². The number of ether oxygens (including phenoxy) is 2. The van der Waals surface area contributed by atoms with Crippen molar-refractivity contribution in [3.8, 4) is 5.75 Å². The van der Waals surface area contributed by atoms with Crippen LogP contribution in [0.25, 0.3) is 0 Å². The van der Waals surface area contributed by atoms with Crippen molar-refractivity contribution in [2.24, 2.45) is 0 Å². The van der Waals surface area contributed by atoms with Crippen molar-refractivity contribution in [2.75, 3.05) is 13.2 Å². The molecule has 2 unspecified atom stereocenters. The van der Waals surface area contributed by atoms with Crippen LogP contribution in [0.4, 0.5) is 0 Å². The van der Waals surface area contributed by atoms with Crippen molar-refractivity contribution in [2.45, 2.75) is 38.5 Å². The Morgan fingerprint density at radius 1 is 1.47 bits per heavy atom. The molecular weight excluding hydrogens is 238 g/mol. The molecule has 1 aromatic carbocycles. The first-order valence-corrected chi connectivity index (χ1v) is 6.96. The smallest absolute Gasteiger partial charge is 0.124 e. The zero-order chi connectivity index (χ0) is 13.5. The van der Waals surface area contributed by atoms with Gasteiger partial charge >= 0.3 is 0 Å². The van der Waals surface area contributed by atoms with Crippen molar-refractivity contribution >= 4 is 0 Å². The van der Waals surface area contributed by atoms with Gasteiger partial charge in [-0.3, -0.25) is 0 Å². The lowest BCUT2D eigenvalue weighted by Gasteiger charge is -2.28. The summed E-state index contributed by atoms with van der Waals surface area (Å²) in [5.74, 6) is 0.940. The van der Waals surface area contributed by atoms with E-state index in [1.165, 1.54) is 5.56 Å². The van der Waals surface area contributed by atoms with Gasteiger partial charge in [-0.15, -0.1) is 0 Å². The van der Waals surface area contributed by atoms with Crippen LogP contribution in [0.15, 0.2) is 36.9 Å². The summed E-state index contributed by atoms with van der Waals surface area (Å²) in [7, 11) is 0. The van der Waals surface area contributed by atoms with Crippen molar-refractivity contribution in [1.29, 1.82) is 0 Å². The predicted octanol–water partition coefficient (Wildman–Crippen LogP) is 2.91. The molecule has 1 heterocycles. The fourth-order valence-electron chi connectivity index (χ4n) is 2.38. The predicted molar refractivity (Wildman–Crippen MR) is 77.4 cm³/mol. The SMILES string of the molecule is C=CCOc1ccccc1CNC1CCOC(C)C1. The zero-order valence-electron chi connectivity index (χ0n) is 11.6. The standard InChI is InChI=1S/C16H23NO2/c1-3-9-19-16-7-5-4-6-14(16)12-17-15-8-10-18-13(2)11-15/h3-7,13,15,17H,1,8-12H2,2H3. The molecule has 1 saturated heterocycles. The Balaban J connectivity index is 1.89. The minimum Gasteiger partial charge on any atom is -0.489 e. The Labute approximate surface area is 115 Å². The molecule has 2 rings (SSSR count). The summed E-state index contributed by atoms with van der Waals surface area (Å²) in [4.78, 5) is 0. The Kier molecular flexibility index (Phi) is 5.43. The molecule has 0 bridgehead atoms. The Hall–Kier alpha value is -1.32. The number of rotatable bonds is 6. The van der Waals surface area contributed by atoms with E-state index in [0.29, 0.717) is 18.8 Å². The fraction of sp³-hybridized carbons (Fsp3) is 0.500. The Morgan fingerprint density at radius 2 is 2.32 bits per heavy atom. The summed E-state index contributed by atoms with van der Waals surface area (Å²) in [6.45, 7) is 8.05. The molecule has 0 saturated carbocycles. The second-order valence-electron chi connectivity index (χ2n) is 4.99. The summed E-state index contributed by atoms with van der Waals surface area (Å²) >= 11 is 0. The summed E-state index contributed by atoms with van der Waals surface area (Å²) in [5, 5.41) is 3.60. The Morgan fingerprint density at radius 3 is 3.11 bits per heavy atom. The summed E-state index contributed by atoms with van der Waals surface area (Å²) in [6, 6.07) is 8.70. The maximum absolute atomic E-state index is 5.66. The third-order valence-corrected chi connectivity index (χ3v) is 3.40. The van der Waals surface area contributed by atoms with E-state index in [-0.39, 0.29) is 0 Å². The normalized spacial score (nSPS) is 23.0. The van der Waals surface area contributed by atoms with Gasteiger partial charge in [0.25, 0.3) is 0 Å². The fourth-order valence-corrected chi connectivity index (χ4v) is 2.38. The molecule has 1 N–H and O–H groups in total. The first-order valence-electron chi connectivity index (χ1n) is 6.96. The zero-order valence-corrected chi connectivity index (χ0v) is 11.6. The van der Waals surface area contributed by atoms with E-state index in [1.807, 2.05) is 18.2 Å². The number of para-hydroxylation sites is 1. The molecular formula is C16H23NO2. The van der Waals surface area contributed by atoms with Crippen LogP contribution in [0.5, 0.6) is 5.75 Å². The average Bonchev–Trinajstić information content (AvgIpc) is 2.44. The molecule has 1 fully saturated rings. The van der Waals surface area contributed by atoms with Gasteiger partial charge in [-0.1, -0.05) is 30.9 Å². The summed E-state index contributed by atoms with van der Waals surface area (Å²) in [5.41, 5.74) is 1.20. The van der Waals surface area contributed by atoms with Gasteiger partial charge in [0.2, 0.25) is 0 Å². The number of benzene rings is 1. The highest BCUT2D eigenvalue weighted by molar-refractivity contribution is 5.33. The van der Waals surface area contributed by atoms with Crippen LogP contribution < -0.4 is 10.1 Å². The molecule has 0 aliphatic carbocycles. The van der Waals surface area contributed by atoms with Crippen molar-refractivity contribution in [1.82, 2.24) is 5.32 Å². The van der Waals surface area contributed by atoms with Crippen molar-refractivity contribution < 1.29 is 9.47 Å².